The summed E-state index contributed by atoms with van der Waals surface area (Å²) in [4.78, 5) is 11.0. The maximum Gasteiger partial charge on any atom is 0.333 e. The summed E-state index contributed by atoms with van der Waals surface area (Å²) in [5.74, 6) is -3.35. The van der Waals surface area contributed by atoms with E-state index in [1.54, 1.807) is 16.5 Å². The highest BCUT2D eigenvalue weighted by Gasteiger charge is 2.44. The molecule has 5 heterocycles. The number of nitrogens with one attached hydrogen (secondary N) is 1. The summed E-state index contributed by atoms with van der Waals surface area (Å²) < 4.78 is 99.2. The molecule has 0 saturated carbocycles. The molecule has 0 bridgehead atoms. The Kier molecular flexibility index (Phi) is 7.62. The lowest BCUT2D eigenvalue weighted by atomic mass is 9.92. The molecule has 6 rings (SSSR count). The normalized spacial score (nSPS) is 23.0. The summed E-state index contributed by atoms with van der Waals surface area (Å²) in [6.45, 7) is -3.83. The number of rotatable bonds is 7. The molecule has 9 nitrogen and oxygen atoms in total. The zero-order chi connectivity index (χ0) is 29.8. The number of benzene rings is 1. The molecule has 0 aliphatic carbocycles. The van der Waals surface area contributed by atoms with E-state index in [-0.39, 0.29) is 36.6 Å². The largest absolute Gasteiger partial charge is 0.333 e. The first-order chi connectivity index (χ1) is 19.9. The molecule has 3 aromatic rings. The molecule has 1 aromatic carbocycles. The monoisotopic (exact) mass is 647 g/mol. The number of alkyl halides is 4. The van der Waals surface area contributed by atoms with E-state index in [2.05, 4.69) is 14.8 Å². The molecule has 1 N–H and O–H groups in total. The number of piperidine rings is 1. The standard InChI is InChI=1S/C25H23ClF5N7O2S2/c26-17-10-14(27)2-3-16(17)21-20(18-4-8-38(34-18)24(28)29)19-11-15(12-37(19)22(33-21)23-32-6-9-41-23)35-42(39,40)36-7-1-5-25(30,31)13-36/h2-4,6,8-10,15,21,24,35H,1,5,7,11-13H2/t15-,21-/m0/s1. The first kappa shape index (κ1) is 29.2. The minimum absolute atomic E-state index is 0.0216. The summed E-state index contributed by atoms with van der Waals surface area (Å²) in [5, 5.41) is 6.31. The molecule has 17 heteroatoms. The molecule has 2 aromatic heterocycles. The molecule has 2 saturated heterocycles. The van der Waals surface area contributed by atoms with Crippen LogP contribution in [0.15, 0.2) is 52.7 Å². The topological polar surface area (TPSA) is 95.7 Å². The molecule has 0 spiro atoms. The molecule has 42 heavy (non-hydrogen) atoms. The molecular formula is C25H23ClF5N7O2S2. The molecule has 3 aliphatic rings. The predicted molar refractivity (Wildman–Crippen MR) is 146 cm³/mol. The third-order valence-electron chi connectivity index (χ3n) is 7.24. The molecule has 224 valence electrons. The third kappa shape index (κ3) is 5.57. The Hall–Kier alpha value is -2.92. The average molecular weight is 648 g/mol. The van der Waals surface area contributed by atoms with Gasteiger partial charge in [-0.2, -0.15) is 31.3 Å². The van der Waals surface area contributed by atoms with Crippen molar-refractivity contribution in [1.29, 1.82) is 0 Å². The zero-order valence-corrected chi connectivity index (χ0v) is 24.0. The van der Waals surface area contributed by atoms with Crippen molar-refractivity contribution in [1.82, 2.24) is 28.7 Å². The van der Waals surface area contributed by atoms with Crippen LogP contribution in [0.1, 0.15) is 48.1 Å². The number of aliphatic imine (C=N–C) groups is 1. The maximum absolute atomic E-state index is 14.0. The Balaban J connectivity index is 1.45. The van der Waals surface area contributed by atoms with E-state index < -0.39 is 53.5 Å². The molecular weight excluding hydrogens is 625 g/mol. The first-order valence-corrected chi connectivity index (χ1v) is 15.5. The van der Waals surface area contributed by atoms with Gasteiger partial charge in [0, 0.05) is 71.6 Å². The van der Waals surface area contributed by atoms with Crippen molar-refractivity contribution in [2.45, 2.75) is 43.8 Å². The van der Waals surface area contributed by atoms with Gasteiger partial charge in [0.2, 0.25) is 0 Å². The van der Waals surface area contributed by atoms with Gasteiger partial charge in [0.05, 0.1) is 12.2 Å². The molecule has 0 unspecified atom stereocenters. The number of halogens is 6. The van der Waals surface area contributed by atoms with E-state index in [9.17, 15) is 30.4 Å². The van der Waals surface area contributed by atoms with Crippen LogP contribution in [-0.2, 0) is 10.2 Å². The predicted octanol–water partition coefficient (Wildman–Crippen LogP) is 5.08. The van der Waals surface area contributed by atoms with Gasteiger partial charge in [0.25, 0.3) is 16.1 Å². The summed E-state index contributed by atoms with van der Waals surface area (Å²) >= 11 is 7.73. The number of hydrogen-bond donors (Lipinski definition) is 1. The van der Waals surface area contributed by atoms with Crippen LogP contribution in [0.2, 0.25) is 5.02 Å². The van der Waals surface area contributed by atoms with Gasteiger partial charge in [-0.1, -0.05) is 17.7 Å². The van der Waals surface area contributed by atoms with Crippen molar-refractivity contribution in [3.8, 4) is 0 Å². The van der Waals surface area contributed by atoms with E-state index in [0.717, 1.165) is 16.6 Å². The summed E-state index contributed by atoms with van der Waals surface area (Å²) in [6.07, 6.45) is 2.36. The summed E-state index contributed by atoms with van der Waals surface area (Å²) in [6, 6.07) is 3.42. The van der Waals surface area contributed by atoms with Crippen molar-refractivity contribution >= 4 is 44.6 Å². The lowest BCUT2D eigenvalue weighted by molar-refractivity contribution is -0.0437. The fourth-order valence-electron chi connectivity index (χ4n) is 5.45. The quantitative estimate of drug-likeness (QED) is 0.361. The van der Waals surface area contributed by atoms with E-state index in [4.69, 9.17) is 16.6 Å². The molecule has 2 fully saturated rings. The van der Waals surface area contributed by atoms with Gasteiger partial charge >= 0.3 is 6.55 Å². The number of fused-ring (bicyclic) bond motifs is 1. The average Bonchev–Trinajstić information content (AvgIpc) is 3.68. The maximum atomic E-state index is 14.0. The van der Waals surface area contributed by atoms with Crippen LogP contribution in [0.5, 0.6) is 0 Å². The first-order valence-electron chi connectivity index (χ1n) is 12.8. The van der Waals surface area contributed by atoms with Crippen LogP contribution in [-0.4, -0.2) is 69.8 Å². The lowest BCUT2D eigenvalue weighted by Gasteiger charge is -2.32. The van der Waals surface area contributed by atoms with Crippen molar-refractivity contribution in [3.63, 3.8) is 0 Å². The molecule has 3 aliphatic heterocycles. The SMILES string of the molecule is O=S(=O)(N[C@H]1CC2=C(c3ccn(C(F)F)n3)[C@H](c3ccc(F)cc3Cl)N=C(c3nccs3)N2C1)N1CCCC(F)(F)C1. The molecule has 0 amide bonds. The smallest absolute Gasteiger partial charge is 0.326 e. The number of amidine groups is 1. The number of nitrogens with zero attached hydrogens (tertiary/aromatic N) is 6. The van der Waals surface area contributed by atoms with E-state index in [0.29, 0.717) is 32.4 Å². The third-order valence-corrected chi connectivity index (χ3v) is 9.96. The van der Waals surface area contributed by atoms with Gasteiger partial charge < -0.3 is 4.90 Å². The highest BCUT2D eigenvalue weighted by molar-refractivity contribution is 7.87. The second-order valence-electron chi connectivity index (χ2n) is 10.1. The van der Waals surface area contributed by atoms with Gasteiger partial charge in [-0.05, 0) is 24.6 Å². The van der Waals surface area contributed by atoms with Crippen LogP contribution in [0.25, 0.3) is 5.57 Å². The van der Waals surface area contributed by atoms with E-state index in [1.807, 2.05) is 0 Å². The summed E-state index contributed by atoms with van der Waals surface area (Å²) in [7, 11) is -4.30. The Morgan fingerprint density at radius 1 is 1.21 bits per heavy atom. The highest BCUT2D eigenvalue weighted by Crippen LogP contribution is 2.46. The van der Waals surface area contributed by atoms with Gasteiger partial charge in [-0.3, -0.25) is 4.99 Å². The fraction of sp³-hybridized carbons (Fsp3) is 0.400. The van der Waals surface area contributed by atoms with Crippen molar-refractivity contribution in [2.75, 3.05) is 19.6 Å². The Morgan fingerprint density at radius 2 is 2.02 bits per heavy atom. The van der Waals surface area contributed by atoms with Crippen LogP contribution >= 0.6 is 22.9 Å². The van der Waals surface area contributed by atoms with Crippen LogP contribution in [0, 0.1) is 5.82 Å². The molecule has 2 atom stereocenters. The van der Waals surface area contributed by atoms with Crippen LogP contribution in [0.4, 0.5) is 22.0 Å². The number of aromatic nitrogens is 3. The number of thiazole rings is 1. The minimum atomic E-state index is -4.30. The van der Waals surface area contributed by atoms with Crippen molar-refractivity contribution < 1.29 is 30.4 Å². The van der Waals surface area contributed by atoms with Crippen molar-refractivity contribution in [2.24, 2.45) is 4.99 Å². The van der Waals surface area contributed by atoms with Gasteiger partial charge in [-0.15, -0.1) is 11.3 Å². The second-order valence-corrected chi connectivity index (χ2v) is 13.1. The number of hydrogen-bond acceptors (Lipinski definition) is 7. The van der Waals surface area contributed by atoms with Gasteiger partial charge in [0.15, 0.2) is 10.8 Å². The second kappa shape index (κ2) is 11.0. The summed E-state index contributed by atoms with van der Waals surface area (Å²) in [5.41, 5.74) is 1.40. The zero-order valence-electron chi connectivity index (χ0n) is 21.6. The Morgan fingerprint density at radius 3 is 2.69 bits per heavy atom. The van der Waals surface area contributed by atoms with Gasteiger partial charge in [-0.25, -0.2) is 22.8 Å². The van der Waals surface area contributed by atoms with Crippen molar-refractivity contribution in [3.05, 3.63) is 74.8 Å². The van der Waals surface area contributed by atoms with Crippen LogP contribution in [0.3, 0.4) is 0 Å². The fourth-order valence-corrected chi connectivity index (χ4v) is 7.82. The Bertz CT molecular complexity index is 1660. The molecule has 0 radical (unpaired) electrons. The minimum Gasteiger partial charge on any atom is -0.326 e. The van der Waals surface area contributed by atoms with E-state index in [1.165, 1.54) is 29.5 Å². The Labute approximate surface area is 246 Å². The van der Waals surface area contributed by atoms with Gasteiger partial charge in [0.1, 0.15) is 11.9 Å². The highest BCUT2D eigenvalue weighted by atomic mass is 35.5. The lowest BCUT2D eigenvalue weighted by Crippen LogP contribution is -2.52. The van der Waals surface area contributed by atoms with Crippen LogP contribution < -0.4 is 4.72 Å². The van der Waals surface area contributed by atoms with E-state index >= 15 is 0 Å².